The summed E-state index contributed by atoms with van der Waals surface area (Å²) in [5.74, 6) is 1.83. The van der Waals surface area contributed by atoms with E-state index in [1.54, 1.807) is 0 Å². The third-order valence-electron chi connectivity index (χ3n) is 6.01. The lowest BCUT2D eigenvalue weighted by Gasteiger charge is -2.43. The molecule has 0 spiro atoms. The Morgan fingerprint density at radius 3 is 2.39 bits per heavy atom. The first-order valence-electron chi connectivity index (χ1n) is 10.9. The molecule has 164 valence electrons. The molecule has 0 atom stereocenters. The first-order chi connectivity index (χ1) is 14.8. The molecule has 3 aromatic rings. The molecule has 1 aliphatic rings. The van der Waals surface area contributed by atoms with Crippen molar-refractivity contribution in [3.63, 3.8) is 0 Å². The zero-order chi connectivity index (χ0) is 20.7. The van der Waals surface area contributed by atoms with Gasteiger partial charge in [-0.3, -0.25) is 0 Å². The number of rotatable bonds is 8. The van der Waals surface area contributed by atoms with Gasteiger partial charge in [-0.2, -0.15) is 0 Å². The Hall–Kier alpha value is -2.35. The van der Waals surface area contributed by atoms with Gasteiger partial charge in [-0.05, 0) is 30.9 Å². The van der Waals surface area contributed by atoms with Gasteiger partial charge >= 0.3 is 0 Å². The van der Waals surface area contributed by atoms with Gasteiger partial charge in [-0.15, -0.1) is 24.0 Å². The molecule has 0 saturated heterocycles. The van der Waals surface area contributed by atoms with Crippen molar-refractivity contribution in [1.82, 2.24) is 20.2 Å². The van der Waals surface area contributed by atoms with E-state index >= 15 is 0 Å². The molecule has 0 aliphatic heterocycles. The van der Waals surface area contributed by atoms with E-state index < -0.39 is 0 Å². The second-order valence-electron chi connectivity index (χ2n) is 8.01. The van der Waals surface area contributed by atoms with E-state index in [9.17, 15) is 0 Å². The van der Waals surface area contributed by atoms with Crippen LogP contribution in [0.2, 0.25) is 0 Å². The van der Waals surface area contributed by atoms with E-state index in [1.807, 2.05) is 18.5 Å². The van der Waals surface area contributed by atoms with Crippen molar-refractivity contribution in [2.24, 2.45) is 4.99 Å². The normalized spacial score (nSPS) is 14.9. The van der Waals surface area contributed by atoms with Crippen LogP contribution < -0.4 is 10.6 Å². The summed E-state index contributed by atoms with van der Waals surface area (Å²) in [6.07, 6.45) is 7.63. The van der Waals surface area contributed by atoms with E-state index in [0.717, 1.165) is 31.4 Å². The molecular formula is C25H32IN5. The van der Waals surface area contributed by atoms with Gasteiger partial charge in [-0.25, -0.2) is 9.98 Å². The number of aromatic nitrogens is 2. The van der Waals surface area contributed by atoms with Crippen molar-refractivity contribution in [2.75, 3.05) is 13.1 Å². The Morgan fingerprint density at radius 2 is 1.74 bits per heavy atom. The summed E-state index contributed by atoms with van der Waals surface area (Å²) < 4.78 is 2.17. The average molecular weight is 529 g/mol. The van der Waals surface area contributed by atoms with E-state index in [2.05, 4.69) is 81.7 Å². The van der Waals surface area contributed by atoms with Crippen LogP contribution >= 0.6 is 24.0 Å². The summed E-state index contributed by atoms with van der Waals surface area (Å²) in [5.41, 5.74) is 2.92. The lowest BCUT2D eigenvalue weighted by atomic mass is 9.64. The zero-order valence-corrected chi connectivity index (χ0v) is 20.5. The number of nitrogens with one attached hydrogen (secondary N) is 2. The van der Waals surface area contributed by atoms with Crippen LogP contribution in [0.25, 0.3) is 0 Å². The van der Waals surface area contributed by atoms with Crippen molar-refractivity contribution < 1.29 is 0 Å². The Kier molecular flexibility index (Phi) is 8.51. The van der Waals surface area contributed by atoms with Crippen molar-refractivity contribution in [3.05, 3.63) is 90.0 Å². The van der Waals surface area contributed by atoms with Crippen molar-refractivity contribution in [1.29, 1.82) is 0 Å². The topological polar surface area (TPSA) is 54.2 Å². The molecule has 2 N–H and O–H groups in total. The lowest BCUT2D eigenvalue weighted by Crippen LogP contribution is -2.48. The minimum absolute atomic E-state index is 0. The molecule has 0 radical (unpaired) electrons. The van der Waals surface area contributed by atoms with Gasteiger partial charge < -0.3 is 15.2 Å². The quantitative estimate of drug-likeness (QED) is 0.252. The Labute approximate surface area is 202 Å². The molecule has 31 heavy (non-hydrogen) atoms. The molecule has 1 aliphatic carbocycles. The number of hydrogen-bond donors (Lipinski definition) is 2. The minimum Gasteiger partial charge on any atom is -0.357 e. The predicted molar refractivity (Wildman–Crippen MR) is 138 cm³/mol. The Bertz CT molecular complexity index is 948. The van der Waals surface area contributed by atoms with Crippen LogP contribution in [0, 0.1) is 0 Å². The lowest BCUT2D eigenvalue weighted by molar-refractivity contribution is 0.244. The van der Waals surface area contributed by atoms with Gasteiger partial charge in [0.1, 0.15) is 12.4 Å². The van der Waals surface area contributed by atoms with Crippen molar-refractivity contribution in [3.8, 4) is 0 Å². The minimum atomic E-state index is 0. The smallest absolute Gasteiger partial charge is 0.191 e. The highest BCUT2D eigenvalue weighted by Crippen LogP contribution is 2.43. The van der Waals surface area contributed by atoms with Crippen molar-refractivity contribution >= 4 is 29.9 Å². The van der Waals surface area contributed by atoms with E-state index in [4.69, 9.17) is 4.99 Å². The van der Waals surface area contributed by atoms with Gasteiger partial charge in [0.05, 0.1) is 0 Å². The van der Waals surface area contributed by atoms with Gasteiger partial charge in [0.25, 0.3) is 0 Å². The van der Waals surface area contributed by atoms with Crippen LogP contribution in [0.15, 0.2) is 78.0 Å². The third-order valence-corrected chi connectivity index (χ3v) is 6.01. The molecule has 1 fully saturated rings. The number of guanidine groups is 1. The van der Waals surface area contributed by atoms with Crippen LogP contribution in [0.5, 0.6) is 0 Å². The first-order valence-corrected chi connectivity index (χ1v) is 10.9. The molecule has 1 saturated carbocycles. The monoisotopic (exact) mass is 529 g/mol. The SMILES string of the molecule is CCNC(=NCc1nccn1Cc1ccccc1)NCC1(c2ccccc2)CCC1.I. The van der Waals surface area contributed by atoms with Crippen molar-refractivity contribution in [2.45, 2.75) is 44.7 Å². The number of halogens is 1. The number of benzene rings is 2. The molecule has 0 unspecified atom stereocenters. The molecule has 1 heterocycles. The van der Waals surface area contributed by atoms with E-state index in [0.29, 0.717) is 6.54 Å². The Morgan fingerprint density at radius 1 is 1.03 bits per heavy atom. The number of aliphatic imine (C=N–C) groups is 1. The fourth-order valence-electron chi connectivity index (χ4n) is 4.12. The molecule has 0 amide bonds. The predicted octanol–water partition coefficient (Wildman–Crippen LogP) is 4.73. The summed E-state index contributed by atoms with van der Waals surface area (Å²) in [6.45, 7) is 5.20. The van der Waals surface area contributed by atoms with Crippen LogP contribution in [0.4, 0.5) is 0 Å². The van der Waals surface area contributed by atoms with Gasteiger partial charge in [0, 0.05) is 37.4 Å². The van der Waals surface area contributed by atoms with Crippen LogP contribution in [-0.2, 0) is 18.5 Å². The molecule has 6 heteroatoms. The summed E-state index contributed by atoms with van der Waals surface area (Å²) in [4.78, 5) is 9.35. The average Bonchev–Trinajstić information content (AvgIpc) is 3.19. The summed E-state index contributed by atoms with van der Waals surface area (Å²) >= 11 is 0. The largest absolute Gasteiger partial charge is 0.357 e. The Balaban J connectivity index is 0.00000272. The maximum Gasteiger partial charge on any atom is 0.191 e. The fraction of sp³-hybridized carbons (Fsp3) is 0.360. The van der Waals surface area contributed by atoms with Gasteiger partial charge in [0.2, 0.25) is 0 Å². The molecule has 4 rings (SSSR count). The van der Waals surface area contributed by atoms with Gasteiger partial charge in [0.15, 0.2) is 5.96 Å². The number of imidazole rings is 1. The highest BCUT2D eigenvalue weighted by molar-refractivity contribution is 14.0. The first kappa shape index (κ1) is 23.3. The maximum absolute atomic E-state index is 4.82. The molecule has 1 aromatic heterocycles. The molecular weight excluding hydrogens is 497 g/mol. The summed E-state index contributed by atoms with van der Waals surface area (Å²) in [7, 11) is 0. The molecule has 5 nitrogen and oxygen atoms in total. The second kappa shape index (κ2) is 11.3. The third kappa shape index (κ3) is 5.87. The highest BCUT2D eigenvalue weighted by Gasteiger charge is 2.38. The summed E-state index contributed by atoms with van der Waals surface area (Å²) in [6, 6.07) is 21.3. The molecule has 0 bridgehead atoms. The van der Waals surface area contributed by atoms with Gasteiger partial charge in [-0.1, -0.05) is 67.1 Å². The molecule has 2 aromatic carbocycles. The van der Waals surface area contributed by atoms with E-state index in [-0.39, 0.29) is 29.4 Å². The van der Waals surface area contributed by atoms with Crippen LogP contribution in [0.3, 0.4) is 0 Å². The zero-order valence-electron chi connectivity index (χ0n) is 18.1. The van der Waals surface area contributed by atoms with E-state index in [1.165, 1.54) is 30.4 Å². The number of nitrogens with zero attached hydrogens (tertiary/aromatic N) is 3. The highest BCUT2D eigenvalue weighted by atomic mass is 127. The number of hydrogen-bond acceptors (Lipinski definition) is 2. The standard InChI is InChI=1S/C25H31N5.HI/c1-2-26-24(29-20-25(14-9-15-25)22-12-7-4-8-13-22)28-18-23-27-16-17-30(23)19-21-10-5-3-6-11-21;/h3-8,10-13,16-17H,2,9,14-15,18-20H2,1H3,(H2,26,28,29);1H. The summed E-state index contributed by atoms with van der Waals surface area (Å²) in [5, 5.41) is 6.98. The van der Waals surface area contributed by atoms with Crippen LogP contribution in [-0.4, -0.2) is 28.6 Å². The second-order valence-corrected chi connectivity index (χ2v) is 8.01. The maximum atomic E-state index is 4.82. The fourth-order valence-corrected chi connectivity index (χ4v) is 4.12. The van der Waals surface area contributed by atoms with Crippen LogP contribution in [0.1, 0.15) is 43.1 Å².